The van der Waals surface area contributed by atoms with Crippen LogP contribution in [-0.4, -0.2) is 37.1 Å². The number of thiophene rings is 1. The molecule has 1 amide bonds. The molecule has 0 atom stereocenters. The molecule has 0 aliphatic heterocycles. The van der Waals surface area contributed by atoms with Gasteiger partial charge < -0.3 is 15.2 Å². The van der Waals surface area contributed by atoms with Crippen LogP contribution in [0.1, 0.15) is 20.8 Å². The maximum absolute atomic E-state index is 13.0. The monoisotopic (exact) mass is 429 g/mol. The van der Waals surface area contributed by atoms with Gasteiger partial charge in [-0.25, -0.2) is 0 Å². The van der Waals surface area contributed by atoms with Crippen LogP contribution in [0.4, 0.5) is 0 Å². The summed E-state index contributed by atoms with van der Waals surface area (Å²) in [6, 6.07) is 16.0. The average Bonchev–Trinajstić information content (AvgIpc) is 3.16. The Hall–Kier alpha value is -2.67. The molecule has 29 heavy (non-hydrogen) atoms. The van der Waals surface area contributed by atoms with Crippen LogP contribution < -0.4 is 10.1 Å². The van der Waals surface area contributed by atoms with Crippen molar-refractivity contribution in [3.63, 3.8) is 0 Å². The van der Waals surface area contributed by atoms with Gasteiger partial charge in [0.25, 0.3) is 0 Å². The number of carbonyl (C=O) groups is 2. The second kappa shape index (κ2) is 9.69. The van der Waals surface area contributed by atoms with Crippen LogP contribution in [-0.2, 0) is 11.2 Å². The first-order chi connectivity index (χ1) is 14.0. The van der Waals surface area contributed by atoms with Gasteiger partial charge in [0.1, 0.15) is 5.75 Å². The molecule has 2 aromatic carbocycles. The highest BCUT2D eigenvalue weighted by atomic mass is 35.5. The summed E-state index contributed by atoms with van der Waals surface area (Å²) in [7, 11) is 1.57. The third-order valence-corrected chi connectivity index (χ3v) is 5.75. The highest BCUT2D eigenvalue weighted by Crippen LogP contribution is 2.35. The smallest absolute Gasteiger partial charge is 0.224 e. The number of amides is 1. The minimum absolute atomic E-state index is 0.115. The molecule has 2 N–H and O–H groups in total. The average molecular weight is 430 g/mol. The zero-order valence-corrected chi connectivity index (χ0v) is 17.3. The van der Waals surface area contributed by atoms with Crippen molar-refractivity contribution in [3.8, 4) is 16.2 Å². The zero-order valence-electron chi connectivity index (χ0n) is 15.8. The molecule has 150 valence electrons. The Bertz CT molecular complexity index is 997. The van der Waals surface area contributed by atoms with Gasteiger partial charge in [-0.05, 0) is 53.6 Å². The van der Waals surface area contributed by atoms with Crippen molar-refractivity contribution in [1.29, 1.82) is 0 Å². The number of carbonyl (C=O) groups excluding carboxylic acids is 2. The first-order valence-electron chi connectivity index (χ1n) is 8.96. The molecule has 7 heteroatoms. The van der Waals surface area contributed by atoms with E-state index in [0.29, 0.717) is 21.2 Å². The van der Waals surface area contributed by atoms with Gasteiger partial charge in [-0.1, -0.05) is 23.7 Å². The Kier molecular flexibility index (Phi) is 7.04. The maximum Gasteiger partial charge on any atom is 0.224 e. The number of aliphatic hydroxyl groups excluding tert-OH is 1. The number of hydrogen-bond acceptors (Lipinski definition) is 5. The molecule has 5 nitrogen and oxygen atoms in total. The normalized spacial score (nSPS) is 10.6. The minimum Gasteiger partial charge on any atom is -0.497 e. The van der Waals surface area contributed by atoms with Crippen molar-refractivity contribution in [2.75, 3.05) is 20.3 Å². The van der Waals surface area contributed by atoms with Gasteiger partial charge >= 0.3 is 0 Å². The van der Waals surface area contributed by atoms with Gasteiger partial charge in [0, 0.05) is 22.0 Å². The van der Waals surface area contributed by atoms with Crippen LogP contribution in [0.3, 0.4) is 0 Å². The number of aliphatic hydroxyl groups is 1. The molecule has 3 rings (SSSR count). The molecule has 0 saturated heterocycles. The van der Waals surface area contributed by atoms with Gasteiger partial charge in [0.15, 0.2) is 0 Å². The molecule has 0 spiro atoms. The number of hydrogen-bond donors (Lipinski definition) is 2. The van der Waals surface area contributed by atoms with E-state index in [4.69, 9.17) is 21.4 Å². The summed E-state index contributed by atoms with van der Waals surface area (Å²) in [6.45, 7) is 0.0670. The molecule has 1 aromatic heterocycles. The summed E-state index contributed by atoms with van der Waals surface area (Å²) in [5.41, 5.74) is 2.19. The molecule has 0 unspecified atom stereocenters. The van der Waals surface area contributed by atoms with Gasteiger partial charge in [-0.3, -0.25) is 9.59 Å². The van der Waals surface area contributed by atoms with Crippen LogP contribution in [0, 0.1) is 0 Å². The zero-order chi connectivity index (χ0) is 20.8. The molecule has 0 aliphatic rings. The van der Waals surface area contributed by atoms with Crippen molar-refractivity contribution in [1.82, 2.24) is 5.32 Å². The largest absolute Gasteiger partial charge is 0.497 e. The quantitative estimate of drug-likeness (QED) is 0.531. The molecule has 3 aromatic rings. The Morgan fingerprint density at radius 2 is 1.79 bits per heavy atom. The van der Waals surface area contributed by atoms with Gasteiger partial charge in [-0.15, -0.1) is 11.3 Å². The highest BCUT2D eigenvalue weighted by molar-refractivity contribution is 7.17. The first kappa shape index (κ1) is 21.0. The molecule has 0 saturated carbocycles. The van der Waals surface area contributed by atoms with E-state index in [9.17, 15) is 9.59 Å². The van der Waals surface area contributed by atoms with E-state index in [1.54, 1.807) is 49.6 Å². The van der Waals surface area contributed by atoms with Crippen molar-refractivity contribution >= 4 is 34.6 Å². The summed E-state index contributed by atoms with van der Waals surface area (Å²) in [6.07, 6.45) is 0.115. The number of methoxy groups -OCH3 is 1. The van der Waals surface area contributed by atoms with Gasteiger partial charge in [0.2, 0.25) is 11.7 Å². The van der Waals surface area contributed by atoms with Crippen LogP contribution >= 0.6 is 22.9 Å². The maximum atomic E-state index is 13.0. The van der Waals surface area contributed by atoms with Crippen LogP contribution in [0.25, 0.3) is 10.4 Å². The number of ether oxygens (including phenoxy) is 1. The molecular weight excluding hydrogens is 410 g/mol. The molecule has 0 bridgehead atoms. The van der Waals surface area contributed by atoms with Crippen LogP contribution in [0.5, 0.6) is 5.75 Å². The number of nitrogens with one attached hydrogen (secondary N) is 1. The third-order valence-electron chi connectivity index (χ3n) is 4.28. The van der Waals surface area contributed by atoms with Crippen molar-refractivity contribution in [2.45, 2.75) is 6.42 Å². The van der Waals surface area contributed by atoms with Crippen molar-refractivity contribution < 1.29 is 19.4 Å². The predicted octanol–water partition coefficient (Wildman–Crippen LogP) is 3.96. The van der Waals surface area contributed by atoms with Crippen LogP contribution in [0.2, 0.25) is 5.02 Å². The topological polar surface area (TPSA) is 75.6 Å². The minimum atomic E-state index is -0.212. The molecule has 1 heterocycles. The fraction of sp³-hybridized carbons (Fsp3) is 0.182. The number of benzene rings is 2. The molecule has 0 fully saturated rings. The van der Waals surface area contributed by atoms with Crippen molar-refractivity contribution in [3.05, 3.63) is 75.6 Å². The first-order valence-corrected chi connectivity index (χ1v) is 10.2. The van der Waals surface area contributed by atoms with E-state index in [-0.39, 0.29) is 31.3 Å². The lowest BCUT2D eigenvalue weighted by molar-refractivity contribution is -0.120. The molecule has 0 aliphatic carbocycles. The van der Waals surface area contributed by atoms with E-state index in [0.717, 1.165) is 16.0 Å². The summed E-state index contributed by atoms with van der Waals surface area (Å²) >= 11 is 7.34. The highest BCUT2D eigenvalue weighted by Gasteiger charge is 2.19. The fourth-order valence-electron chi connectivity index (χ4n) is 2.83. The number of halogens is 1. The van der Waals surface area contributed by atoms with E-state index < -0.39 is 0 Å². The van der Waals surface area contributed by atoms with E-state index in [2.05, 4.69) is 5.32 Å². The van der Waals surface area contributed by atoms with E-state index in [1.807, 2.05) is 12.1 Å². The summed E-state index contributed by atoms with van der Waals surface area (Å²) in [5, 5.41) is 12.2. The summed E-state index contributed by atoms with van der Waals surface area (Å²) < 4.78 is 5.14. The van der Waals surface area contributed by atoms with Crippen molar-refractivity contribution in [2.24, 2.45) is 0 Å². The SMILES string of the molecule is COc1ccc(C(=O)c2cc(CC(=O)NCCO)c(-c3ccc(Cl)cc3)s2)cc1. The standard InChI is InChI=1S/C22H20ClNO4S/c1-28-18-8-4-14(5-9-18)21(27)19-12-16(13-20(26)24-10-11-25)22(29-19)15-2-6-17(23)7-3-15/h2-9,12,25H,10-11,13H2,1H3,(H,24,26). The Labute approximate surface area is 177 Å². The second-order valence-electron chi connectivity index (χ2n) is 6.28. The lowest BCUT2D eigenvalue weighted by Gasteiger charge is -2.05. The van der Waals surface area contributed by atoms with Crippen LogP contribution in [0.15, 0.2) is 54.6 Å². The third kappa shape index (κ3) is 5.23. The number of rotatable bonds is 8. The van der Waals surface area contributed by atoms with E-state index >= 15 is 0 Å². The molecule has 0 radical (unpaired) electrons. The fourth-order valence-corrected chi connectivity index (χ4v) is 4.11. The van der Waals surface area contributed by atoms with Gasteiger partial charge in [-0.2, -0.15) is 0 Å². The summed E-state index contributed by atoms with van der Waals surface area (Å²) in [4.78, 5) is 26.6. The lowest BCUT2D eigenvalue weighted by Crippen LogP contribution is -2.27. The second-order valence-corrected chi connectivity index (χ2v) is 7.77. The summed E-state index contributed by atoms with van der Waals surface area (Å²) in [5.74, 6) is 0.348. The Morgan fingerprint density at radius 1 is 1.10 bits per heavy atom. The Morgan fingerprint density at radius 3 is 2.41 bits per heavy atom. The predicted molar refractivity (Wildman–Crippen MR) is 115 cm³/mol. The lowest BCUT2D eigenvalue weighted by atomic mass is 10.0. The van der Waals surface area contributed by atoms with Gasteiger partial charge in [0.05, 0.1) is 25.0 Å². The van der Waals surface area contributed by atoms with E-state index in [1.165, 1.54) is 11.3 Å². The molecular formula is C22H20ClNO4S. The Balaban J connectivity index is 1.95. The number of ketones is 1.